The largest absolute Gasteiger partial charge is 0.382 e. The Morgan fingerprint density at radius 3 is 2.92 bits per heavy atom. The van der Waals surface area contributed by atoms with E-state index in [1.807, 2.05) is 17.7 Å². The van der Waals surface area contributed by atoms with Crippen molar-refractivity contribution in [1.82, 2.24) is 19.8 Å². The van der Waals surface area contributed by atoms with Crippen LogP contribution in [0.25, 0.3) is 0 Å². The molecule has 0 bridgehead atoms. The average Bonchev–Trinajstić information content (AvgIpc) is 2.98. The van der Waals surface area contributed by atoms with Crippen molar-refractivity contribution in [3.63, 3.8) is 0 Å². The van der Waals surface area contributed by atoms with Crippen molar-refractivity contribution in [2.24, 2.45) is 0 Å². The predicted molar refractivity (Wildman–Crippen MR) is 87.4 cm³/mol. The third-order valence-electron chi connectivity index (χ3n) is 4.26. The van der Waals surface area contributed by atoms with E-state index < -0.39 is 5.60 Å². The Labute approximate surface area is 142 Å². The smallest absolute Gasteiger partial charge is 0.224 e. The molecule has 8 nitrogen and oxygen atoms in total. The number of morpholine rings is 1. The summed E-state index contributed by atoms with van der Waals surface area (Å²) in [6.07, 6.45) is 4.15. The molecule has 1 fully saturated rings. The maximum Gasteiger partial charge on any atom is 0.224 e. The van der Waals surface area contributed by atoms with Gasteiger partial charge >= 0.3 is 0 Å². The van der Waals surface area contributed by atoms with Gasteiger partial charge in [-0.05, 0) is 6.92 Å². The first-order chi connectivity index (χ1) is 11.5. The lowest BCUT2D eigenvalue weighted by Crippen LogP contribution is -2.57. The van der Waals surface area contributed by atoms with Crippen LogP contribution in [0.15, 0.2) is 12.4 Å². The lowest BCUT2D eigenvalue weighted by atomic mass is 9.97. The Morgan fingerprint density at radius 1 is 1.50 bits per heavy atom. The van der Waals surface area contributed by atoms with Crippen LogP contribution in [0.3, 0.4) is 0 Å². The maximum atomic E-state index is 12.5. The fraction of sp³-hybridized carbons (Fsp3) is 0.688. The van der Waals surface area contributed by atoms with Gasteiger partial charge in [0, 0.05) is 46.1 Å². The second-order valence-corrected chi connectivity index (χ2v) is 6.05. The monoisotopic (exact) mass is 338 g/mol. The fourth-order valence-electron chi connectivity index (χ4n) is 2.96. The van der Waals surface area contributed by atoms with Crippen LogP contribution in [0.2, 0.25) is 0 Å². The average molecular weight is 338 g/mol. The quantitative estimate of drug-likeness (QED) is 0.754. The van der Waals surface area contributed by atoms with Crippen molar-refractivity contribution >= 4 is 11.8 Å². The molecule has 1 aromatic rings. The highest BCUT2D eigenvalue weighted by Crippen LogP contribution is 2.23. The second-order valence-electron chi connectivity index (χ2n) is 6.05. The summed E-state index contributed by atoms with van der Waals surface area (Å²) < 4.78 is 13.0. The fourth-order valence-corrected chi connectivity index (χ4v) is 2.96. The number of aryl methyl sites for hydroxylation is 2. The van der Waals surface area contributed by atoms with Gasteiger partial charge in [-0.15, -0.1) is 0 Å². The Bertz CT molecular complexity index is 570. The molecule has 1 atom stereocenters. The summed E-state index contributed by atoms with van der Waals surface area (Å²) >= 11 is 0. The lowest BCUT2D eigenvalue weighted by Gasteiger charge is -2.42. The first kappa shape index (κ1) is 18.4. The molecule has 1 N–H and O–H groups in total. The van der Waals surface area contributed by atoms with Crippen molar-refractivity contribution in [2.45, 2.75) is 31.9 Å². The van der Waals surface area contributed by atoms with Crippen LogP contribution in [-0.4, -0.2) is 72.3 Å². The van der Waals surface area contributed by atoms with Gasteiger partial charge < -0.3 is 24.3 Å². The van der Waals surface area contributed by atoms with Crippen molar-refractivity contribution in [3.05, 3.63) is 18.2 Å². The summed E-state index contributed by atoms with van der Waals surface area (Å²) in [6, 6.07) is 0. The van der Waals surface area contributed by atoms with Crippen molar-refractivity contribution in [2.75, 3.05) is 40.5 Å². The van der Waals surface area contributed by atoms with E-state index in [1.165, 1.54) is 0 Å². The van der Waals surface area contributed by atoms with E-state index in [4.69, 9.17) is 9.47 Å². The molecule has 0 radical (unpaired) electrons. The molecule has 8 heteroatoms. The molecule has 1 aliphatic heterocycles. The molecule has 1 aromatic heterocycles. The highest BCUT2D eigenvalue weighted by atomic mass is 16.5. The van der Waals surface area contributed by atoms with Gasteiger partial charge in [0.15, 0.2) is 0 Å². The molecular weight excluding hydrogens is 312 g/mol. The molecule has 2 rings (SSSR count). The van der Waals surface area contributed by atoms with E-state index in [-0.39, 0.29) is 24.8 Å². The number of amides is 2. The van der Waals surface area contributed by atoms with Gasteiger partial charge in [0.05, 0.1) is 26.2 Å². The van der Waals surface area contributed by atoms with E-state index >= 15 is 0 Å². The SMILES string of the molecule is CNC(=O)C[C@]1(COC)CN(C(=O)CCn2ccnc2C)CCO1. The van der Waals surface area contributed by atoms with Gasteiger partial charge in [-0.2, -0.15) is 0 Å². The van der Waals surface area contributed by atoms with Crippen LogP contribution >= 0.6 is 0 Å². The molecule has 0 unspecified atom stereocenters. The van der Waals surface area contributed by atoms with Crippen molar-refractivity contribution in [3.8, 4) is 0 Å². The number of hydrogen-bond donors (Lipinski definition) is 1. The number of aromatic nitrogens is 2. The maximum absolute atomic E-state index is 12.5. The molecule has 0 aliphatic carbocycles. The minimum absolute atomic E-state index is 0.0452. The number of carbonyl (C=O) groups excluding carboxylic acids is 2. The zero-order valence-electron chi connectivity index (χ0n) is 14.6. The van der Waals surface area contributed by atoms with E-state index in [0.717, 1.165) is 5.82 Å². The molecule has 1 saturated heterocycles. The number of nitrogens with one attached hydrogen (secondary N) is 1. The summed E-state index contributed by atoms with van der Waals surface area (Å²) in [6.45, 7) is 4.05. The zero-order chi connectivity index (χ0) is 17.6. The molecule has 0 spiro atoms. The van der Waals surface area contributed by atoms with Crippen LogP contribution in [0.5, 0.6) is 0 Å². The second kappa shape index (κ2) is 8.25. The Kier molecular flexibility index (Phi) is 6.33. The molecular formula is C16H26N4O4. The van der Waals surface area contributed by atoms with E-state index in [2.05, 4.69) is 10.3 Å². The van der Waals surface area contributed by atoms with Gasteiger partial charge in [0.2, 0.25) is 11.8 Å². The van der Waals surface area contributed by atoms with E-state index in [9.17, 15) is 9.59 Å². The first-order valence-corrected chi connectivity index (χ1v) is 8.08. The molecule has 1 aliphatic rings. The number of nitrogens with zero attached hydrogens (tertiary/aromatic N) is 3. The van der Waals surface area contributed by atoms with Gasteiger partial charge in [0.1, 0.15) is 11.4 Å². The van der Waals surface area contributed by atoms with Crippen LogP contribution in [0.4, 0.5) is 0 Å². The molecule has 0 aromatic carbocycles. The van der Waals surface area contributed by atoms with E-state index in [0.29, 0.717) is 32.7 Å². The molecule has 2 heterocycles. The molecule has 2 amide bonds. The van der Waals surface area contributed by atoms with Crippen LogP contribution in [0, 0.1) is 6.92 Å². The van der Waals surface area contributed by atoms with Crippen LogP contribution in [-0.2, 0) is 25.6 Å². The van der Waals surface area contributed by atoms with Crippen molar-refractivity contribution < 1.29 is 19.1 Å². The number of hydrogen-bond acceptors (Lipinski definition) is 5. The third kappa shape index (κ3) is 4.55. The summed E-state index contributed by atoms with van der Waals surface area (Å²) in [4.78, 5) is 30.3. The topological polar surface area (TPSA) is 85.7 Å². The summed E-state index contributed by atoms with van der Waals surface area (Å²) in [5.41, 5.74) is -0.784. The number of methoxy groups -OCH3 is 1. The zero-order valence-corrected chi connectivity index (χ0v) is 14.6. The molecule has 0 saturated carbocycles. The predicted octanol–water partition coefficient (Wildman–Crippen LogP) is -0.0383. The summed E-state index contributed by atoms with van der Waals surface area (Å²) in [5, 5.41) is 2.60. The number of carbonyl (C=O) groups is 2. The van der Waals surface area contributed by atoms with E-state index in [1.54, 1.807) is 25.3 Å². The minimum Gasteiger partial charge on any atom is -0.382 e. The van der Waals surface area contributed by atoms with Crippen LogP contribution < -0.4 is 5.32 Å². The van der Waals surface area contributed by atoms with Crippen LogP contribution in [0.1, 0.15) is 18.7 Å². The molecule has 24 heavy (non-hydrogen) atoms. The Balaban J connectivity index is 1.97. The third-order valence-corrected chi connectivity index (χ3v) is 4.26. The Hall–Kier alpha value is -1.93. The standard InChI is InChI=1S/C16H26N4O4/c1-13-18-5-7-19(13)6-4-15(22)20-8-9-24-16(11-20,12-23-3)10-14(21)17-2/h5,7H,4,6,8-12H2,1-3H3,(H,17,21)/t16-/m1/s1. The highest BCUT2D eigenvalue weighted by molar-refractivity contribution is 5.78. The summed E-state index contributed by atoms with van der Waals surface area (Å²) in [7, 11) is 3.15. The lowest BCUT2D eigenvalue weighted by molar-refractivity contribution is -0.166. The highest BCUT2D eigenvalue weighted by Gasteiger charge is 2.40. The number of ether oxygens (including phenoxy) is 2. The normalized spacial score (nSPS) is 20.9. The number of rotatable bonds is 7. The van der Waals surface area contributed by atoms with Gasteiger partial charge in [0.25, 0.3) is 0 Å². The van der Waals surface area contributed by atoms with Crippen molar-refractivity contribution in [1.29, 1.82) is 0 Å². The Morgan fingerprint density at radius 2 is 2.29 bits per heavy atom. The summed E-state index contributed by atoms with van der Waals surface area (Å²) in [5.74, 6) is 0.803. The molecule has 134 valence electrons. The van der Waals surface area contributed by atoms with Gasteiger partial charge in [-0.3, -0.25) is 9.59 Å². The number of imidazole rings is 1. The van der Waals surface area contributed by atoms with Gasteiger partial charge in [-0.25, -0.2) is 4.98 Å². The first-order valence-electron chi connectivity index (χ1n) is 8.08. The minimum atomic E-state index is -0.784. The van der Waals surface area contributed by atoms with Gasteiger partial charge in [-0.1, -0.05) is 0 Å².